The second kappa shape index (κ2) is 5.47. The van der Waals surface area contributed by atoms with Gasteiger partial charge in [0.2, 0.25) is 0 Å². The van der Waals surface area contributed by atoms with Crippen LogP contribution in [-0.2, 0) is 6.54 Å². The van der Waals surface area contributed by atoms with Crippen molar-refractivity contribution in [3.63, 3.8) is 0 Å². The predicted molar refractivity (Wildman–Crippen MR) is 56.1 cm³/mol. The molecule has 15 heavy (non-hydrogen) atoms. The molecule has 0 heterocycles. The second-order valence-corrected chi connectivity index (χ2v) is 3.39. The van der Waals surface area contributed by atoms with Crippen LogP contribution in [0.5, 0.6) is 0 Å². The highest BCUT2D eigenvalue weighted by Crippen LogP contribution is 2.11. The lowest BCUT2D eigenvalue weighted by Crippen LogP contribution is -2.25. The van der Waals surface area contributed by atoms with Gasteiger partial charge in [-0.05, 0) is 19.1 Å². The smallest absolute Gasteiger partial charge is 0.130 e. The Morgan fingerprint density at radius 1 is 1.40 bits per heavy atom. The van der Waals surface area contributed by atoms with Crippen molar-refractivity contribution < 1.29 is 8.78 Å². The van der Waals surface area contributed by atoms with E-state index in [2.05, 4.69) is 11.2 Å². The number of benzene rings is 1. The summed E-state index contributed by atoms with van der Waals surface area (Å²) in [6, 6.07) is 3.88. The van der Waals surface area contributed by atoms with Crippen LogP contribution in [0, 0.1) is 24.0 Å². The molecule has 0 amide bonds. The van der Waals surface area contributed by atoms with Crippen molar-refractivity contribution in [3.8, 4) is 12.3 Å². The largest absolute Gasteiger partial charge is 0.309 e. The molecule has 1 nitrogen and oxygen atoms in total. The van der Waals surface area contributed by atoms with E-state index in [1.807, 2.05) is 6.92 Å². The summed E-state index contributed by atoms with van der Waals surface area (Å²) < 4.78 is 26.3. The molecule has 0 aliphatic rings. The molecule has 1 N–H and O–H groups in total. The van der Waals surface area contributed by atoms with Gasteiger partial charge < -0.3 is 5.32 Å². The Morgan fingerprint density at radius 2 is 2.00 bits per heavy atom. The average molecular weight is 209 g/mol. The maximum Gasteiger partial charge on any atom is 0.130 e. The fraction of sp³-hybridized carbons (Fsp3) is 0.333. The molecular formula is C12H13F2N. The van der Waals surface area contributed by atoms with E-state index in [0.29, 0.717) is 6.42 Å². The molecule has 1 unspecified atom stereocenters. The van der Waals surface area contributed by atoms with Crippen LogP contribution in [0.3, 0.4) is 0 Å². The van der Waals surface area contributed by atoms with Gasteiger partial charge in [-0.3, -0.25) is 0 Å². The van der Waals surface area contributed by atoms with Gasteiger partial charge in [0.05, 0.1) is 0 Å². The van der Waals surface area contributed by atoms with Crippen molar-refractivity contribution in [2.75, 3.05) is 0 Å². The Labute approximate surface area is 88.5 Å². The monoisotopic (exact) mass is 209 g/mol. The van der Waals surface area contributed by atoms with Crippen LogP contribution in [-0.4, -0.2) is 6.04 Å². The van der Waals surface area contributed by atoms with Crippen molar-refractivity contribution in [2.45, 2.75) is 25.9 Å². The molecule has 1 atom stereocenters. The summed E-state index contributed by atoms with van der Waals surface area (Å²) in [5, 5.41) is 2.96. The van der Waals surface area contributed by atoms with Crippen LogP contribution in [0.2, 0.25) is 0 Å². The highest BCUT2D eigenvalue weighted by atomic mass is 19.1. The SMILES string of the molecule is C#CCC(C)NCc1c(F)cccc1F. The van der Waals surface area contributed by atoms with E-state index in [-0.39, 0.29) is 18.2 Å². The number of hydrogen-bond donors (Lipinski definition) is 1. The fourth-order valence-corrected chi connectivity index (χ4v) is 1.23. The van der Waals surface area contributed by atoms with Crippen LogP contribution >= 0.6 is 0 Å². The molecule has 0 aromatic heterocycles. The highest BCUT2D eigenvalue weighted by Gasteiger charge is 2.08. The van der Waals surface area contributed by atoms with Crippen LogP contribution in [0.1, 0.15) is 18.9 Å². The maximum absolute atomic E-state index is 13.2. The van der Waals surface area contributed by atoms with E-state index >= 15 is 0 Å². The van der Waals surface area contributed by atoms with Gasteiger partial charge in [-0.1, -0.05) is 6.07 Å². The van der Waals surface area contributed by atoms with E-state index in [1.165, 1.54) is 18.2 Å². The third-order valence-corrected chi connectivity index (χ3v) is 2.11. The number of rotatable bonds is 4. The fourth-order valence-electron chi connectivity index (χ4n) is 1.23. The summed E-state index contributed by atoms with van der Waals surface area (Å²) in [5.41, 5.74) is 0.0568. The zero-order valence-corrected chi connectivity index (χ0v) is 8.56. The summed E-state index contributed by atoms with van der Waals surface area (Å²) in [5.74, 6) is 1.42. The molecule has 0 aliphatic heterocycles. The Kier molecular flexibility index (Phi) is 4.26. The van der Waals surface area contributed by atoms with Crippen molar-refractivity contribution in [3.05, 3.63) is 35.4 Å². The molecule has 0 saturated heterocycles. The molecule has 1 aromatic rings. The van der Waals surface area contributed by atoms with Crippen molar-refractivity contribution in [1.29, 1.82) is 0 Å². The standard InChI is InChI=1S/C12H13F2N/c1-3-5-9(2)15-8-10-11(13)6-4-7-12(10)14/h1,4,6-7,9,15H,5,8H2,2H3. The summed E-state index contributed by atoms with van der Waals surface area (Å²) in [7, 11) is 0. The zero-order chi connectivity index (χ0) is 11.3. The quantitative estimate of drug-likeness (QED) is 0.751. The molecular weight excluding hydrogens is 196 g/mol. The summed E-state index contributed by atoms with van der Waals surface area (Å²) in [4.78, 5) is 0. The molecule has 80 valence electrons. The van der Waals surface area contributed by atoms with Crippen LogP contribution < -0.4 is 5.32 Å². The van der Waals surface area contributed by atoms with Crippen molar-refractivity contribution in [2.24, 2.45) is 0 Å². The minimum absolute atomic E-state index is 0.0500. The van der Waals surface area contributed by atoms with E-state index in [0.717, 1.165) is 0 Å². The van der Waals surface area contributed by atoms with Gasteiger partial charge in [-0.25, -0.2) is 8.78 Å². The van der Waals surface area contributed by atoms with Crippen molar-refractivity contribution >= 4 is 0 Å². The summed E-state index contributed by atoms with van der Waals surface area (Å²) in [6.07, 6.45) is 5.66. The maximum atomic E-state index is 13.2. The minimum atomic E-state index is -0.532. The van der Waals surface area contributed by atoms with Gasteiger partial charge in [0.15, 0.2) is 0 Å². The van der Waals surface area contributed by atoms with Gasteiger partial charge in [0.25, 0.3) is 0 Å². The Hall–Kier alpha value is -1.40. The molecule has 0 fully saturated rings. The lowest BCUT2D eigenvalue weighted by molar-refractivity contribution is 0.504. The predicted octanol–water partition coefficient (Wildman–Crippen LogP) is 2.47. The number of nitrogens with one attached hydrogen (secondary N) is 1. The van der Waals surface area contributed by atoms with Crippen LogP contribution in [0.15, 0.2) is 18.2 Å². The third-order valence-electron chi connectivity index (χ3n) is 2.11. The molecule has 0 aliphatic carbocycles. The van der Waals surface area contributed by atoms with Gasteiger partial charge in [0.1, 0.15) is 11.6 Å². The Balaban J connectivity index is 2.62. The first-order chi connectivity index (χ1) is 7.15. The van der Waals surface area contributed by atoms with E-state index < -0.39 is 11.6 Å². The third kappa shape index (κ3) is 3.34. The van der Waals surface area contributed by atoms with Gasteiger partial charge in [0, 0.05) is 24.6 Å². The second-order valence-electron chi connectivity index (χ2n) is 3.39. The number of hydrogen-bond acceptors (Lipinski definition) is 1. The molecule has 1 rings (SSSR count). The number of halogens is 2. The van der Waals surface area contributed by atoms with E-state index in [9.17, 15) is 8.78 Å². The van der Waals surface area contributed by atoms with Gasteiger partial charge in [-0.2, -0.15) is 0 Å². The van der Waals surface area contributed by atoms with Gasteiger partial charge >= 0.3 is 0 Å². The van der Waals surface area contributed by atoms with Crippen molar-refractivity contribution in [1.82, 2.24) is 5.32 Å². The zero-order valence-electron chi connectivity index (χ0n) is 8.56. The summed E-state index contributed by atoms with van der Waals surface area (Å²) >= 11 is 0. The topological polar surface area (TPSA) is 12.0 Å². The molecule has 0 radical (unpaired) electrons. The van der Waals surface area contributed by atoms with E-state index in [4.69, 9.17) is 6.42 Å². The first-order valence-corrected chi connectivity index (χ1v) is 4.75. The van der Waals surface area contributed by atoms with E-state index in [1.54, 1.807) is 0 Å². The highest BCUT2D eigenvalue weighted by molar-refractivity contribution is 5.19. The van der Waals surface area contributed by atoms with Crippen LogP contribution in [0.4, 0.5) is 8.78 Å². The number of terminal acetylenes is 1. The molecule has 0 spiro atoms. The lowest BCUT2D eigenvalue weighted by Gasteiger charge is -2.11. The normalized spacial score (nSPS) is 12.1. The molecule has 0 bridgehead atoms. The summed E-state index contributed by atoms with van der Waals surface area (Å²) in [6.45, 7) is 2.03. The molecule has 1 aromatic carbocycles. The Bertz CT molecular complexity index is 348. The molecule has 0 saturated carbocycles. The minimum Gasteiger partial charge on any atom is -0.309 e. The van der Waals surface area contributed by atoms with Crippen LogP contribution in [0.25, 0.3) is 0 Å². The van der Waals surface area contributed by atoms with Gasteiger partial charge in [-0.15, -0.1) is 12.3 Å². The lowest BCUT2D eigenvalue weighted by atomic mass is 10.1. The average Bonchev–Trinajstić information content (AvgIpc) is 2.17. The first kappa shape index (κ1) is 11.7. The Morgan fingerprint density at radius 3 is 2.53 bits per heavy atom. The first-order valence-electron chi connectivity index (χ1n) is 4.75. The molecule has 3 heteroatoms.